The molecule has 0 saturated heterocycles. The molecule has 0 aliphatic carbocycles. The van der Waals surface area contributed by atoms with Gasteiger partial charge in [0.05, 0.1) is 12.7 Å². The molecule has 0 amide bonds. The van der Waals surface area contributed by atoms with E-state index in [4.69, 9.17) is 4.74 Å². The highest BCUT2D eigenvalue weighted by molar-refractivity contribution is 7.07. The minimum Gasteiger partial charge on any atom is -0.391 e. The first-order valence-corrected chi connectivity index (χ1v) is 6.16. The lowest BCUT2D eigenvalue weighted by molar-refractivity contribution is 0.0595. The summed E-state index contributed by atoms with van der Waals surface area (Å²) in [6.45, 7) is 2.23. The summed E-state index contributed by atoms with van der Waals surface area (Å²) in [5, 5.41) is 16.9. The Morgan fingerprint density at radius 1 is 1.53 bits per heavy atom. The number of aliphatic hydroxyl groups excluding tert-OH is 1. The summed E-state index contributed by atoms with van der Waals surface area (Å²) in [4.78, 5) is 0. The molecule has 1 rings (SSSR count). The molecule has 0 bridgehead atoms. The lowest BCUT2D eigenvalue weighted by Gasteiger charge is -2.09. The zero-order valence-corrected chi connectivity index (χ0v) is 9.93. The molecule has 86 valence electrons. The van der Waals surface area contributed by atoms with E-state index >= 15 is 0 Å². The lowest BCUT2D eigenvalue weighted by atomic mass is 10.2. The summed E-state index contributed by atoms with van der Waals surface area (Å²) < 4.78 is 4.84. The number of rotatable bonds is 8. The van der Waals surface area contributed by atoms with Crippen LogP contribution in [0.3, 0.4) is 0 Å². The van der Waals surface area contributed by atoms with Crippen LogP contribution in [0.15, 0.2) is 16.8 Å². The van der Waals surface area contributed by atoms with Gasteiger partial charge in [0.25, 0.3) is 0 Å². The van der Waals surface area contributed by atoms with Gasteiger partial charge in [0.15, 0.2) is 0 Å². The van der Waals surface area contributed by atoms with Crippen LogP contribution in [0.2, 0.25) is 0 Å². The van der Waals surface area contributed by atoms with E-state index in [2.05, 4.69) is 22.1 Å². The monoisotopic (exact) mass is 229 g/mol. The maximum atomic E-state index is 9.37. The van der Waals surface area contributed by atoms with Crippen molar-refractivity contribution < 1.29 is 9.84 Å². The Labute approximate surface area is 95.1 Å². The van der Waals surface area contributed by atoms with Gasteiger partial charge in [0.2, 0.25) is 0 Å². The summed E-state index contributed by atoms with van der Waals surface area (Å²) in [7, 11) is 1.60. The van der Waals surface area contributed by atoms with E-state index < -0.39 is 0 Å². The van der Waals surface area contributed by atoms with Gasteiger partial charge in [0, 0.05) is 7.11 Å². The molecule has 0 saturated carbocycles. The maximum absolute atomic E-state index is 9.37. The Hall–Kier alpha value is -0.420. The first kappa shape index (κ1) is 12.6. The fourth-order valence-corrected chi connectivity index (χ4v) is 2.04. The first-order valence-electron chi connectivity index (χ1n) is 5.21. The van der Waals surface area contributed by atoms with E-state index in [9.17, 15) is 5.11 Å². The zero-order chi connectivity index (χ0) is 10.9. The lowest BCUT2D eigenvalue weighted by Crippen LogP contribution is -2.24. The number of thiophene rings is 1. The summed E-state index contributed by atoms with van der Waals surface area (Å²) in [5.74, 6) is 0. The number of hydrogen-bond acceptors (Lipinski definition) is 4. The predicted octanol–water partition coefficient (Wildman–Crippen LogP) is 1.28. The van der Waals surface area contributed by atoms with Crippen molar-refractivity contribution >= 4 is 11.3 Å². The zero-order valence-electron chi connectivity index (χ0n) is 9.11. The Morgan fingerprint density at radius 3 is 3.07 bits per heavy atom. The smallest absolute Gasteiger partial charge is 0.0785 e. The van der Waals surface area contributed by atoms with Gasteiger partial charge in [-0.25, -0.2) is 0 Å². The number of ether oxygens (including phenoxy) is 1. The molecular formula is C11H19NO2S. The molecule has 0 aliphatic heterocycles. The molecule has 0 fully saturated rings. The molecule has 1 atom stereocenters. The van der Waals surface area contributed by atoms with Gasteiger partial charge in [0.1, 0.15) is 0 Å². The van der Waals surface area contributed by atoms with E-state index in [0.717, 1.165) is 25.9 Å². The molecule has 4 heteroatoms. The second kappa shape index (κ2) is 7.82. The third-order valence-electron chi connectivity index (χ3n) is 2.18. The molecule has 1 aromatic rings. The van der Waals surface area contributed by atoms with Crippen LogP contribution < -0.4 is 5.32 Å². The van der Waals surface area contributed by atoms with Crippen LogP contribution in [-0.4, -0.2) is 38.0 Å². The highest BCUT2D eigenvalue weighted by atomic mass is 32.1. The molecule has 0 aliphatic rings. The average Bonchev–Trinajstić information content (AvgIpc) is 2.70. The molecule has 1 unspecified atom stereocenters. The summed E-state index contributed by atoms with van der Waals surface area (Å²) in [5.41, 5.74) is 1.38. The van der Waals surface area contributed by atoms with E-state index in [1.807, 2.05) is 0 Å². The fraction of sp³-hybridized carbons (Fsp3) is 0.636. The average molecular weight is 229 g/mol. The van der Waals surface area contributed by atoms with E-state index in [1.54, 1.807) is 18.4 Å². The van der Waals surface area contributed by atoms with Crippen molar-refractivity contribution in [3.05, 3.63) is 22.4 Å². The van der Waals surface area contributed by atoms with Crippen LogP contribution in [0.25, 0.3) is 0 Å². The number of hydrogen-bond donors (Lipinski definition) is 2. The summed E-state index contributed by atoms with van der Waals surface area (Å²) in [6.07, 6.45) is 1.46. The van der Waals surface area contributed by atoms with E-state index in [-0.39, 0.29) is 6.10 Å². The van der Waals surface area contributed by atoms with Crippen LogP contribution in [-0.2, 0) is 11.2 Å². The Balaban J connectivity index is 1.93. The number of methoxy groups -OCH3 is 1. The van der Waals surface area contributed by atoms with Crippen LogP contribution in [0.4, 0.5) is 0 Å². The van der Waals surface area contributed by atoms with Crippen LogP contribution >= 0.6 is 11.3 Å². The normalized spacial score (nSPS) is 12.9. The fourth-order valence-electron chi connectivity index (χ4n) is 1.34. The van der Waals surface area contributed by atoms with Crippen molar-refractivity contribution in [1.29, 1.82) is 0 Å². The molecule has 1 heterocycles. The van der Waals surface area contributed by atoms with Crippen molar-refractivity contribution in [3.8, 4) is 0 Å². The van der Waals surface area contributed by atoms with Gasteiger partial charge in [-0.2, -0.15) is 11.3 Å². The van der Waals surface area contributed by atoms with Crippen molar-refractivity contribution in [2.24, 2.45) is 0 Å². The highest BCUT2D eigenvalue weighted by Gasteiger charge is 2.01. The Morgan fingerprint density at radius 2 is 2.40 bits per heavy atom. The minimum absolute atomic E-state index is 0.344. The largest absolute Gasteiger partial charge is 0.391 e. The molecule has 15 heavy (non-hydrogen) atoms. The molecule has 0 aromatic carbocycles. The third-order valence-corrected chi connectivity index (χ3v) is 2.92. The molecule has 1 aromatic heterocycles. The predicted molar refractivity (Wildman–Crippen MR) is 63.4 cm³/mol. The molecule has 3 nitrogen and oxygen atoms in total. The van der Waals surface area contributed by atoms with Gasteiger partial charge in [-0.1, -0.05) is 0 Å². The summed E-state index contributed by atoms with van der Waals surface area (Å²) >= 11 is 1.73. The number of nitrogens with one attached hydrogen (secondary N) is 1. The van der Waals surface area contributed by atoms with Gasteiger partial charge in [-0.05, 0) is 48.3 Å². The quantitative estimate of drug-likeness (QED) is 0.660. The highest BCUT2D eigenvalue weighted by Crippen LogP contribution is 2.05. The minimum atomic E-state index is -0.344. The van der Waals surface area contributed by atoms with E-state index in [0.29, 0.717) is 6.61 Å². The van der Waals surface area contributed by atoms with Crippen molar-refractivity contribution in [2.75, 3.05) is 26.8 Å². The van der Waals surface area contributed by atoms with Gasteiger partial charge in [-0.15, -0.1) is 0 Å². The van der Waals surface area contributed by atoms with Gasteiger partial charge < -0.3 is 15.2 Å². The SMILES string of the molecule is COCC(O)CCNCCc1ccsc1. The van der Waals surface area contributed by atoms with Gasteiger partial charge >= 0.3 is 0 Å². The number of aliphatic hydroxyl groups is 1. The molecular weight excluding hydrogens is 210 g/mol. The summed E-state index contributed by atoms with van der Waals surface area (Å²) in [6, 6.07) is 2.14. The van der Waals surface area contributed by atoms with Crippen LogP contribution in [0.5, 0.6) is 0 Å². The van der Waals surface area contributed by atoms with Crippen molar-refractivity contribution in [3.63, 3.8) is 0 Å². The first-order chi connectivity index (χ1) is 7.33. The molecule has 2 N–H and O–H groups in total. The maximum Gasteiger partial charge on any atom is 0.0785 e. The van der Waals surface area contributed by atoms with Gasteiger partial charge in [-0.3, -0.25) is 0 Å². The standard InChI is InChI=1S/C11H19NO2S/c1-14-8-11(13)3-6-12-5-2-10-4-7-15-9-10/h4,7,9,11-13H,2-3,5-6,8H2,1H3. The van der Waals surface area contributed by atoms with E-state index in [1.165, 1.54) is 5.56 Å². The molecule has 0 radical (unpaired) electrons. The molecule has 0 spiro atoms. The van der Waals surface area contributed by atoms with Crippen molar-refractivity contribution in [1.82, 2.24) is 5.32 Å². The Kier molecular flexibility index (Phi) is 6.59. The third kappa shape index (κ3) is 5.89. The topological polar surface area (TPSA) is 41.5 Å². The van der Waals surface area contributed by atoms with Crippen LogP contribution in [0, 0.1) is 0 Å². The second-order valence-electron chi connectivity index (χ2n) is 3.53. The van der Waals surface area contributed by atoms with Crippen LogP contribution in [0.1, 0.15) is 12.0 Å². The second-order valence-corrected chi connectivity index (χ2v) is 4.31. The van der Waals surface area contributed by atoms with Crippen molar-refractivity contribution in [2.45, 2.75) is 18.9 Å². The Bertz CT molecular complexity index is 239.